The zero-order chi connectivity index (χ0) is 25.5. The summed E-state index contributed by atoms with van der Waals surface area (Å²) in [6, 6.07) is 24.3. The molecule has 0 bridgehead atoms. The smallest absolute Gasteiger partial charge is 0.339 e. The van der Waals surface area contributed by atoms with Gasteiger partial charge in [0.2, 0.25) is 0 Å². The minimum Gasteiger partial charge on any atom is -0.494 e. The Morgan fingerprint density at radius 1 is 1.00 bits per heavy atom. The number of aromatic nitrogens is 1. The fraction of sp³-hybridized carbons (Fsp3) is 0.179. The lowest BCUT2D eigenvalue weighted by molar-refractivity contribution is 0.0602. The van der Waals surface area contributed by atoms with Crippen molar-refractivity contribution in [1.82, 2.24) is 9.88 Å². The molecule has 2 N–H and O–H groups in total. The van der Waals surface area contributed by atoms with Gasteiger partial charge < -0.3 is 24.7 Å². The van der Waals surface area contributed by atoms with Crippen molar-refractivity contribution in [3.05, 3.63) is 106 Å². The van der Waals surface area contributed by atoms with E-state index in [-0.39, 0.29) is 12.1 Å². The molecule has 3 aromatic carbocycles. The Morgan fingerprint density at radius 2 is 1.75 bits per heavy atom. The van der Waals surface area contributed by atoms with Crippen LogP contribution in [-0.2, 0) is 17.8 Å². The molecule has 0 aliphatic carbocycles. The van der Waals surface area contributed by atoms with E-state index in [2.05, 4.69) is 10.3 Å². The number of rotatable bonds is 8. The van der Waals surface area contributed by atoms with Gasteiger partial charge in [-0.1, -0.05) is 42.5 Å². The number of anilines is 1. The van der Waals surface area contributed by atoms with E-state index < -0.39 is 5.97 Å². The van der Waals surface area contributed by atoms with E-state index in [1.807, 2.05) is 72.5 Å². The van der Waals surface area contributed by atoms with Gasteiger partial charge in [0.05, 0.1) is 31.5 Å². The Bertz CT molecular complexity index is 1440. The number of esters is 1. The summed E-state index contributed by atoms with van der Waals surface area (Å²) in [4.78, 5) is 30.0. The third-order valence-electron chi connectivity index (χ3n) is 5.64. The van der Waals surface area contributed by atoms with Crippen molar-refractivity contribution >= 4 is 39.9 Å². The number of H-pyrrole nitrogens is 1. The maximum atomic E-state index is 13.0. The van der Waals surface area contributed by atoms with Crippen LogP contribution in [0.3, 0.4) is 0 Å². The number of hydrogen-bond donors (Lipinski definition) is 2. The van der Waals surface area contributed by atoms with Gasteiger partial charge in [-0.15, -0.1) is 0 Å². The lowest BCUT2D eigenvalue weighted by Crippen LogP contribution is -2.36. The fourth-order valence-electron chi connectivity index (χ4n) is 3.89. The summed E-state index contributed by atoms with van der Waals surface area (Å²) in [5.74, 6) is 0.271. The van der Waals surface area contributed by atoms with Gasteiger partial charge >= 0.3 is 5.97 Å². The summed E-state index contributed by atoms with van der Waals surface area (Å²) >= 11 is 5.76. The highest BCUT2D eigenvalue weighted by Gasteiger charge is 2.18. The number of hydrogen-bond acceptors (Lipinski definition) is 5. The monoisotopic (exact) mass is 501 g/mol. The highest BCUT2D eigenvalue weighted by atomic mass is 32.1. The molecule has 7 nitrogen and oxygen atoms in total. The summed E-state index contributed by atoms with van der Waals surface area (Å²) in [5, 5.41) is 4.41. The van der Waals surface area contributed by atoms with Crippen LogP contribution in [0.15, 0.2) is 83.7 Å². The van der Waals surface area contributed by atoms with E-state index in [1.54, 1.807) is 18.2 Å². The van der Waals surface area contributed by atoms with Crippen LogP contribution in [0.5, 0.6) is 5.75 Å². The van der Waals surface area contributed by atoms with Crippen molar-refractivity contribution in [2.75, 3.05) is 19.0 Å². The summed E-state index contributed by atoms with van der Waals surface area (Å²) in [5.41, 5.74) is 3.02. The van der Waals surface area contributed by atoms with Gasteiger partial charge in [-0.3, -0.25) is 4.79 Å². The molecule has 0 atom stereocenters. The first kappa shape index (κ1) is 24.9. The Kier molecular flexibility index (Phi) is 7.97. The van der Waals surface area contributed by atoms with Crippen molar-refractivity contribution in [3.8, 4) is 5.75 Å². The van der Waals surface area contributed by atoms with Gasteiger partial charge in [-0.25, -0.2) is 4.79 Å². The molecule has 184 valence electrons. The van der Waals surface area contributed by atoms with Crippen LogP contribution in [0.2, 0.25) is 0 Å². The predicted octanol–water partition coefficient (Wildman–Crippen LogP) is 5.11. The molecule has 8 heteroatoms. The highest BCUT2D eigenvalue weighted by molar-refractivity contribution is 7.80. The van der Waals surface area contributed by atoms with Gasteiger partial charge in [-0.05, 0) is 61.1 Å². The molecule has 0 fully saturated rings. The third kappa shape index (κ3) is 5.90. The van der Waals surface area contributed by atoms with E-state index >= 15 is 0 Å². The molecule has 1 heterocycles. The quantitative estimate of drug-likeness (QED) is 0.256. The molecule has 0 radical (unpaired) electrons. The van der Waals surface area contributed by atoms with Gasteiger partial charge in [0, 0.05) is 23.0 Å². The standard InChI is InChI=1S/C28H27N3O4S/c1-3-35-22-13-14-24-20(16-22)15-21(26(32)29-24)18-31(17-19-9-5-4-6-10-19)28(36)30-25-12-8-7-11-23(25)27(33)34-2/h4-16H,3,17-18H2,1-2H3,(H,29,32)(H,30,36). The molecule has 4 aromatic rings. The lowest BCUT2D eigenvalue weighted by Gasteiger charge is -2.26. The Morgan fingerprint density at radius 3 is 2.50 bits per heavy atom. The van der Waals surface area contributed by atoms with Crippen molar-refractivity contribution in [3.63, 3.8) is 0 Å². The molecule has 0 spiro atoms. The number of para-hydroxylation sites is 1. The molecule has 4 rings (SSSR count). The van der Waals surface area contributed by atoms with Crippen molar-refractivity contribution in [2.24, 2.45) is 0 Å². The lowest BCUT2D eigenvalue weighted by atomic mass is 10.1. The van der Waals surface area contributed by atoms with Crippen LogP contribution < -0.4 is 15.6 Å². The molecule has 0 saturated carbocycles. The van der Waals surface area contributed by atoms with Gasteiger partial charge in [0.1, 0.15) is 5.75 Å². The number of thiocarbonyl (C=S) groups is 1. The first-order chi connectivity index (χ1) is 17.5. The highest BCUT2D eigenvalue weighted by Crippen LogP contribution is 2.21. The van der Waals surface area contributed by atoms with E-state index in [4.69, 9.17) is 21.7 Å². The molecule has 1 aromatic heterocycles. The predicted molar refractivity (Wildman–Crippen MR) is 145 cm³/mol. The minimum absolute atomic E-state index is 0.192. The number of nitrogens with one attached hydrogen (secondary N) is 2. The number of carbonyl (C=O) groups is 1. The van der Waals surface area contributed by atoms with Crippen LogP contribution in [0.4, 0.5) is 5.69 Å². The summed E-state index contributed by atoms with van der Waals surface area (Å²) in [6.45, 7) is 3.20. The van der Waals surface area contributed by atoms with Crippen molar-refractivity contribution in [2.45, 2.75) is 20.0 Å². The second-order valence-corrected chi connectivity index (χ2v) is 8.50. The zero-order valence-electron chi connectivity index (χ0n) is 20.1. The van der Waals surface area contributed by atoms with E-state index in [0.717, 1.165) is 22.2 Å². The first-order valence-electron chi connectivity index (χ1n) is 11.5. The van der Waals surface area contributed by atoms with Crippen LogP contribution in [0.25, 0.3) is 10.9 Å². The average Bonchev–Trinajstić information content (AvgIpc) is 2.89. The molecule has 0 aliphatic heterocycles. The number of methoxy groups -OCH3 is 1. The van der Waals surface area contributed by atoms with Crippen LogP contribution in [0.1, 0.15) is 28.4 Å². The Hall–Kier alpha value is -4.17. The Labute approximate surface area is 214 Å². The summed E-state index contributed by atoms with van der Waals surface area (Å²) in [6.07, 6.45) is 0. The maximum Gasteiger partial charge on any atom is 0.339 e. The van der Waals surface area contributed by atoms with Crippen LogP contribution in [0, 0.1) is 0 Å². The second kappa shape index (κ2) is 11.5. The molecule has 36 heavy (non-hydrogen) atoms. The molecule has 0 saturated heterocycles. The summed E-state index contributed by atoms with van der Waals surface area (Å²) < 4.78 is 10.5. The second-order valence-electron chi connectivity index (χ2n) is 8.11. The number of fused-ring (bicyclic) bond motifs is 1. The number of benzene rings is 3. The van der Waals surface area contributed by atoms with E-state index in [1.165, 1.54) is 7.11 Å². The van der Waals surface area contributed by atoms with Crippen LogP contribution >= 0.6 is 12.2 Å². The first-order valence-corrected chi connectivity index (χ1v) is 11.9. The van der Waals surface area contributed by atoms with Crippen molar-refractivity contribution < 1.29 is 14.3 Å². The van der Waals surface area contributed by atoms with Gasteiger partial charge in [0.25, 0.3) is 5.56 Å². The van der Waals surface area contributed by atoms with Crippen molar-refractivity contribution in [1.29, 1.82) is 0 Å². The normalized spacial score (nSPS) is 10.6. The fourth-order valence-corrected chi connectivity index (χ4v) is 4.13. The molecular formula is C28H27N3O4S. The number of nitrogens with zero attached hydrogens (tertiary/aromatic N) is 1. The number of aromatic amines is 1. The molecule has 0 aliphatic rings. The molecular weight excluding hydrogens is 474 g/mol. The van der Waals surface area contributed by atoms with E-state index in [0.29, 0.717) is 35.1 Å². The van der Waals surface area contributed by atoms with E-state index in [9.17, 15) is 9.59 Å². The average molecular weight is 502 g/mol. The topological polar surface area (TPSA) is 83.7 Å². The summed E-state index contributed by atoms with van der Waals surface area (Å²) in [7, 11) is 1.34. The SMILES string of the molecule is CCOc1ccc2[nH]c(=O)c(CN(Cc3ccccc3)C(=S)Nc3ccccc3C(=O)OC)cc2c1. The van der Waals surface area contributed by atoms with Gasteiger partial charge in [-0.2, -0.15) is 0 Å². The number of ether oxygens (including phenoxy) is 2. The molecule has 0 unspecified atom stereocenters. The number of carbonyl (C=O) groups excluding carboxylic acids is 1. The largest absolute Gasteiger partial charge is 0.494 e. The minimum atomic E-state index is -0.466. The maximum absolute atomic E-state index is 13.0. The number of pyridine rings is 1. The molecule has 0 amide bonds. The zero-order valence-corrected chi connectivity index (χ0v) is 20.9. The third-order valence-corrected chi connectivity index (χ3v) is 6.00. The van der Waals surface area contributed by atoms with Gasteiger partial charge in [0.15, 0.2) is 5.11 Å². The van der Waals surface area contributed by atoms with Crippen LogP contribution in [-0.4, -0.2) is 34.7 Å². The Balaban J connectivity index is 1.67.